The van der Waals surface area contributed by atoms with Gasteiger partial charge in [-0.3, -0.25) is 20.6 Å². The second-order valence-electron chi connectivity index (χ2n) is 5.74. The van der Waals surface area contributed by atoms with Crippen molar-refractivity contribution in [2.45, 2.75) is 25.7 Å². The first kappa shape index (κ1) is 13.2. The molecule has 1 aromatic carbocycles. The molecule has 106 valence electrons. The normalized spacial score (nSPS) is 18.6. The van der Waals surface area contributed by atoms with Gasteiger partial charge < -0.3 is 0 Å². The lowest BCUT2D eigenvalue weighted by atomic mass is 10.1. The Morgan fingerprint density at radius 1 is 0.650 bits per heavy atom. The minimum absolute atomic E-state index is 0.897. The van der Waals surface area contributed by atoms with Gasteiger partial charge in [-0.25, -0.2) is 0 Å². The molecule has 4 nitrogen and oxygen atoms in total. The number of benzene rings is 1. The van der Waals surface area contributed by atoms with Crippen LogP contribution in [0.5, 0.6) is 0 Å². The molecule has 0 aromatic heterocycles. The Kier molecular flexibility index (Phi) is 3.72. The minimum Gasteiger partial charge on any atom is -0.287 e. The Balaban J connectivity index is 1.84. The molecular weight excluding hydrogens is 248 g/mol. The Hall–Kier alpha value is -1.84. The van der Waals surface area contributed by atoms with Gasteiger partial charge >= 0.3 is 0 Å². The van der Waals surface area contributed by atoms with E-state index in [1.807, 2.05) is 0 Å². The minimum atomic E-state index is 0.897. The summed E-state index contributed by atoms with van der Waals surface area (Å²) in [6.45, 7) is 4.32. The van der Waals surface area contributed by atoms with Crippen molar-refractivity contribution >= 4 is 11.7 Å². The van der Waals surface area contributed by atoms with Gasteiger partial charge in [0, 0.05) is 0 Å². The van der Waals surface area contributed by atoms with Gasteiger partial charge in [-0.2, -0.15) is 0 Å². The molecule has 4 N–H and O–H groups in total. The summed E-state index contributed by atoms with van der Waals surface area (Å²) in [7, 11) is 0. The molecule has 0 amide bonds. The molecule has 0 saturated carbocycles. The third-order valence-electron chi connectivity index (χ3n) is 4.37. The summed E-state index contributed by atoms with van der Waals surface area (Å²) in [6.07, 6.45) is 4.98. The number of nitrogens with two attached hydrogens (primary N) is 2. The van der Waals surface area contributed by atoms with E-state index in [-0.39, 0.29) is 0 Å². The van der Waals surface area contributed by atoms with Gasteiger partial charge in [0.2, 0.25) is 0 Å². The van der Waals surface area contributed by atoms with Crippen LogP contribution in [0.3, 0.4) is 0 Å². The van der Waals surface area contributed by atoms with E-state index < -0.39 is 0 Å². The number of hydrogen-bond donors (Lipinski definition) is 2. The average Bonchev–Trinajstić information content (AvgIpc) is 3.18. The highest BCUT2D eigenvalue weighted by Gasteiger charge is 2.18. The molecule has 3 rings (SSSR count). The Bertz CT molecular complexity index is 487. The fourth-order valence-electron chi connectivity index (χ4n) is 3.09. The molecule has 1 aromatic rings. The van der Waals surface area contributed by atoms with E-state index in [2.05, 4.69) is 33.4 Å². The molecule has 0 unspecified atom stereocenters. The van der Waals surface area contributed by atoms with E-state index in [1.165, 1.54) is 25.7 Å². The van der Waals surface area contributed by atoms with E-state index in [0.717, 1.165) is 49.0 Å². The van der Waals surface area contributed by atoms with Gasteiger partial charge in [0.1, 0.15) is 0 Å². The highest BCUT2D eigenvalue weighted by atomic mass is 15.1. The molecule has 0 radical (unpaired) electrons. The maximum Gasteiger partial charge on any atom is 0.274 e. The molecule has 0 atom stereocenters. The van der Waals surface area contributed by atoms with Crippen molar-refractivity contribution in [2.75, 3.05) is 26.2 Å². The summed E-state index contributed by atoms with van der Waals surface area (Å²) in [4.78, 5) is 0. The van der Waals surface area contributed by atoms with Gasteiger partial charge in [0.25, 0.3) is 11.7 Å². The largest absolute Gasteiger partial charge is 0.287 e. The van der Waals surface area contributed by atoms with Crippen LogP contribution in [-0.4, -0.2) is 47.0 Å². The zero-order chi connectivity index (χ0) is 13.9. The van der Waals surface area contributed by atoms with Crippen LogP contribution in [0, 0.1) is 0 Å². The van der Waals surface area contributed by atoms with Crippen LogP contribution in [0.2, 0.25) is 0 Å². The van der Waals surface area contributed by atoms with E-state index >= 15 is 0 Å². The summed E-state index contributed by atoms with van der Waals surface area (Å²) in [5.41, 5.74) is 14.7. The van der Waals surface area contributed by atoms with Crippen LogP contribution in [0.25, 0.3) is 0 Å². The van der Waals surface area contributed by atoms with Crippen molar-refractivity contribution in [1.29, 1.82) is 0 Å². The Morgan fingerprint density at radius 2 is 0.950 bits per heavy atom. The van der Waals surface area contributed by atoms with Crippen molar-refractivity contribution < 1.29 is 9.15 Å². The topological polar surface area (TPSA) is 58.1 Å². The SMILES string of the molecule is NC(c1ccc(C(N)=[N+]2CCCC2)cc1)=[N+]1CCCC1. The van der Waals surface area contributed by atoms with E-state index in [4.69, 9.17) is 11.5 Å². The highest BCUT2D eigenvalue weighted by Crippen LogP contribution is 2.09. The first-order valence-corrected chi connectivity index (χ1v) is 7.61. The van der Waals surface area contributed by atoms with Gasteiger partial charge in [-0.15, -0.1) is 0 Å². The lowest BCUT2D eigenvalue weighted by Crippen LogP contribution is -2.29. The predicted molar refractivity (Wildman–Crippen MR) is 81.5 cm³/mol. The third kappa shape index (κ3) is 2.55. The maximum atomic E-state index is 6.24. The fourth-order valence-corrected chi connectivity index (χ4v) is 3.09. The van der Waals surface area contributed by atoms with Crippen molar-refractivity contribution in [3.05, 3.63) is 35.4 Å². The van der Waals surface area contributed by atoms with Gasteiger partial charge in [-0.05, 0) is 49.9 Å². The summed E-state index contributed by atoms with van der Waals surface area (Å²) in [5, 5.41) is 0. The summed E-state index contributed by atoms with van der Waals surface area (Å²) in [6, 6.07) is 8.36. The molecule has 20 heavy (non-hydrogen) atoms. The van der Waals surface area contributed by atoms with E-state index in [1.54, 1.807) is 0 Å². The molecule has 4 heteroatoms. The standard InChI is InChI=1S/C16H22N4/c17-15(19-9-1-2-10-19)13-5-7-14(8-6-13)16(18)20-11-3-4-12-20/h5-8,17-18H,1-4,9-12H2/p+2. The maximum absolute atomic E-state index is 6.24. The highest BCUT2D eigenvalue weighted by molar-refractivity contribution is 5.97. The molecular formula is C16H24N4+2. The van der Waals surface area contributed by atoms with E-state index in [9.17, 15) is 0 Å². The van der Waals surface area contributed by atoms with Crippen LogP contribution >= 0.6 is 0 Å². The number of nitrogens with zero attached hydrogens (tertiary/aromatic N) is 2. The monoisotopic (exact) mass is 272 g/mol. The van der Waals surface area contributed by atoms with Crippen LogP contribution < -0.4 is 11.5 Å². The van der Waals surface area contributed by atoms with Crippen LogP contribution in [0.4, 0.5) is 0 Å². The first-order chi connectivity index (χ1) is 9.75. The molecule has 2 aliphatic heterocycles. The number of rotatable bonds is 2. The zero-order valence-electron chi connectivity index (χ0n) is 12.0. The van der Waals surface area contributed by atoms with Crippen molar-refractivity contribution in [2.24, 2.45) is 11.5 Å². The Labute approximate surface area is 120 Å². The molecule has 2 saturated heterocycles. The molecule has 0 bridgehead atoms. The quantitative estimate of drug-likeness (QED) is 0.615. The molecule has 2 fully saturated rings. The van der Waals surface area contributed by atoms with Crippen LogP contribution in [-0.2, 0) is 0 Å². The zero-order valence-corrected chi connectivity index (χ0v) is 12.0. The summed E-state index contributed by atoms with van der Waals surface area (Å²) >= 11 is 0. The number of hydrogen-bond acceptors (Lipinski definition) is 0. The second-order valence-corrected chi connectivity index (χ2v) is 5.74. The van der Waals surface area contributed by atoms with Crippen molar-refractivity contribution in [1.82, 2.24) is 0 Å². The smallest absolute Gasteiger partial charge is 0.274 e. The van der Waals surface area contributed by atoms with Gasteiger partial charge in [-0.1, -0.05) is 0 Å². The van der Waals surface area contributed by atoms with Gasteiger partial charge in [0.15, 0.2) is 0 Å². The molecule has 0 aliphatic carbocycles. The number of amidine groups is 2. The Morgan fingerprint density at radius 3 is 1.25 bits per heavy atom. The molecule has 2 heterocycles. The second kappa shape index (κ2) is 5.65. The van der Waals surface area contributed by atoms with Gasteiger partial charge in [0.05, 0.1) is 37.3 Å². The fraction of sp³-hybridized carbons (Fsp3) is 0.500. The summed E-state index contributed by atoms with van der Waals surface area (Å²) in [5.74, 6) is 1.79. The average molecular weight is 272 g/mol. The lowest BCUT2D eigenvalue weighted by Gasteiger charge is -2.05. The third-order valence-corrected chi connectivity index (χ3v) is 4.37. The van der Waals surface area contributed by atoms with Crippen LogP contribution in [0.1, 0.15) is 36.8 Å². The lowest BCUT2D eigenvalue weighted by molar-refractivity contribution is -0.506. The molecule has 2 aliphatic rings. The van der Waals surface area contributed by atoms with Crippen LogP contribution in [0.15, 0.2) is 24.3 Å². The van der Waals surface area contributed by atoms with Crippen molar-refractivity contribution in [3.63, 3.8) is 0 Å². The molecule has 0 spiro atoms. The summed E-state index contributed by atoms with van der Waals surface area (Å²) < 4.78 is 4.53. The van der Waals surface area contributed by atoms with E-state index in [0.29, 0.717) is 0 Å². The van der Waals surface area contributed by atoms with Crippen molar-refractivity contribution in [3.8, 4) is 0 Å². The predicted octanol–water partition coefficient (Wildman–Crippen LogP) is 0.710. The first-order valence-electron chi connectivity index (χ1n) is 7.61.